The minimum absolute atomic E-state index is 0.0140. The van der Waals surface area contributed by atoms with Gasteiger partial charge < -0.3 is 21.1 Å². The number of anilines is 2. The standard InChI is InChI=1S/C22H21ClN6O2/c1-13-5-3-2-4-6-15(29-18(31)9-13)11-26-22-19(21(25)27-12-28-22)20(24)14-7-8-16(23)17(30)10-14/h2-10,12,24,30H,11H2,1H3,(H,29,31)(H3,25,26,27,28). The molecule has 158 valence electrons. The number of phenolic OH excluding ortho intramolecular Hbond substituents is 1. The second kappa shape index (κ2) is 9.73. The van der Waals surface area contributed by atoms with Crippen molar-refractivity contribution >= 4 is 28.9 Å². The van der Waals surface area contributed by atoms with Gasteiger partial charge in [-0.25, -0.2) is 9.97 Å². The van der Waals surface area contributed by atoms with Gasteiger partial charge in [-0.15, -0.1) is 0 Å². The molecule has 2 aromatic heterocycles. The molecule has 0 aliphatic heterocycles. The molecule has 0 fully saturated rings. The van der Waals surface area contributed by atoms with Gasteiger partial charge in [0.15, 0.2) is 0 Å². The molecular weight excluding hydrogens is 416 g/mol. The molecular formula is C22H21ClN6O2. The molecule has 0 amide bonds. The van der Waals surface area contributed by atoms with Gasteiger partial charge in [0.05, 0.1) is 22.8 Å². The fourth-order valence-corrected chi connectivity index (χ4v) is 2.93. The average molecular weight is 437 g/mol. The van der Waals surface area contributed by atoms with Crippen LogP contribution in [0.25, 0.3) is 0 Å². The highest BCUT2D eigenvalue weighted by Gasteiger charge is 2.17. The van der Waals surface area contributed by atoms with Crippen molar-refractivity contribution < 1.29 is 5.11 Å². The predicted molar refractivity (Wildman–Crippen MR) is 122 cm³/mol. The summed E-state index contributed by atoms with van der Waals surface area (Å²) in [5.74, 6) is 0.270. The van der Waals surface area contributed by atoms with Crippen LogP contribution in [0.4, 0.5) is 11.6 Å². The summed E-state index contributed by atoms with van der Waals surface area (Å²) in [6, 6.07) is 15.1. The molecule has 31 heavy (non-hydrogen) atoms. The van der Waals surface area contributed by atoms with Crippen LogP contribution < -0.4 is 16.6 Å². The van der Waals surface area contributed by atoms with Gasteiger partial charge in [0, 0.05) is 17.3 Å². The van der Waals surface area contributed by atoms with E-state index in [9.17, 15) is 9.90 Å². The second-order valence-corrected chi connectivity index (χ2v) is 7.10. The fraction of sp³-hybridized carbons (Fsp3) is 0.0909. The molecule has 0 spiro atoms. The number of phenols is 1. The molecule has 6 N–H and O–H groups in total. The maximum atomic E-state index is 12.2. The third kappa shape index (κ3) is 5.58. The summed E-state index contributed by atoms with van der Waals surface area (Å²) in [6.45, 7) is 2.05. The largest absolute Gasteiger partial charge is 0.506 e. The normalized spacial score (nSPS) is 10.3. The quantitative estimate of drug-likeness (QED) is 0.387. The van der Waals surface area contributed by atoms with E-state index in [0.29, 0.717) is 17.1 Å². The summed E-state index contributed by atoms with van der Waals surface area (Å²) in [5, 5.41) is 21.7. The Bertz CT molecular complexity index is 1240. The maximum absolute atomic E-state index is 12.2. The highest BCUT2D eigenvalue weighted by molar-refractivity contribution is 6.32. The van der Waals surface area contributed by atoms with Crippen LogP contribution in [0.1, 0.15) is 22.4 Å². The van der Waals surface area contributed by atoms with E-state index >= 15 is 0 Å². The first-order valence-corrected chi connectivity index (χ1v) is 9.68. The van der Waals surface area contributed by atoms with Gasteiger partial charge in [-0.1, -0.05) is 41.9 Å². The van der Waals surface area contributed by atoms with E-state index in [4.69, 9.17) is 22.7 Å². The van der Waals surface area contributed by atoms with Crippen LogP contribution in [0.15, 0.2) is 65.7 Å². The van der Waals surface area contributed by atoms with Gasteiger partial charge in [-0.3, -0.25) is 10.2 Å². The van der Waals surface area contributed by atoms with Crippen LogP contribution in [0.3, 0.4) is 0 Å². The predicted octanol–water partition coefficient (Wildman–Crippen LogP) is 3.57. The van der Waals surface area contributed by atoms with Crippen LogP contribution in [-0.4, -0.2) is 25.8 Å². The first kappa shape index (κ1) is 21.8. The number of aromatic amines is 1. The Kier molecular flexibility index (Phi) is 6.84. The van der Waals surface area contributed by atoms with Crippen molar-refractivity contribution in [3.05, 3.63) is 98.7 Å². The summed E-state index contributed by atoms with van der Waals surface area (Å²) in [5.41, 5.74) is 7.87. The lowest BCUT2D eigenvalue weighted by atomic mass is 10.0. The summed E-state index contributed by atoms with van der Waals surface area (Å²) in [6.07, 6.45) is 1.28. The minimum Gasteiger partial charge on any atom is -0.506 e. The van der Waals surface area contributed by atoms with Crippen LogP contribution in [0.5, 0.6) is 5.75 Å². The number of hydrogen-bond acceptors (Lipinski definition) is 7. The van der Waals surface area contributed by atoms with E-state index in [1.165, 1.54) is 24.5 Å². The lowest BCUT2D eigenvalue weighted by molar-refractivity contribution is 0.475. The van der Waals surface area contributed by atoms with Crippen molar-refractivity contribution in [2.24, 2.45) is 0 Å². The van der Waals surface area contributed by atoms with Gasteiger partial charge in [0.2, 0.25) is 5.56 Å². The van der Waals surface area contributed by atoms with Gasteiger partial charge in [-0.2, -0.15) is 0 Å². The van der Waals surface area contributed by atoms with Crippen molar-refractivity contribution in [3.8, 4) is 5.75 Å². The van der Waals surface area contributed by atoms with Crippen molar-refractivity contribution in [2.75, 3.05) is 11.1 Å². The molecule has 0 atom stereocenters. The van der Waals surface area contributed by atoms with Gasteiger partial charge >= 0.3 is 0 Å². The molecule has 0 aliphatic carbocycles. The zero-order valence-corrected chi connectivity index (χ0v) is 17.4. The third-order valence-corrected chi connectivity index (χ3v) is 4.65. The molecule has 0 bridgehead atoms. The average Bonchev–Trinajstić information content (AvgIpc) is 2.72. The summed E-state index contributed by atoms with van der Waals surface area (Å²) >= 11 is 5.86. The molecule has 0 unspecified atom stereocenters. The number of hydrogen-bond donors (Lipinski definition) is 5. The Labute approximate surface area is 183 Å². The molecule has 3 aromatic rings. The number of nitrogens with one attached hydrogen (secondary N) is 3. The molecule has 0 aliphatic rings. The zero-order chi connectivity index (χ0) is 22.4. The van der Waals surface area contributed by atoms with Crippen LogP contribution in [0, 0.1) is 12.3 Å². The van der Waals surface area contributed by atoms with Crippen LogP contribution in [0.2, 0.25) is 5.02 Å². The Morgan fingerprint density at radius 1 is 1.19 bits per heavy atom. The van der Waals surface area contributed by atoms with Crippen molar-refractivity contribution in [3.63, 3.8) is 0 Å². The topological polar surface area (TPSA) is 141 Å². The number of nitrogens with zero attached hydrogens (tertiary/aromatic N) is 2. The molecule has 3 rings (SSSR count). The Hall–Kier alpha value is -3.91. The minimum atomic E-state index is -0.252. The molecule has 0 saturated carbocycles. The number of benzene rings is 1. The van der Waals surface area contributed by atoms with Gasteiger partial charge in [-0.05, 0) is 30.7 Å². The van der Waals surface area contributed by atoms with Crippen molar-refractivity contribution in [2.45, 2.75) is 13.5 Å². The van der Waals surface area contributed by atoms with E-state index in [-0.39, 0.29) is 40.0 Å². The van der Waals surface area contributed by atoms with Gasteiger partial charge in [0.1, 0.15) is 23.7 Å². The van der Waals surface area contributed by atoms with Crippen LogP contribution >= 0.6 is 11.6 Å². The fourth-order valence-electron chi connectivity index (χ4n) is 2.81. The first-order chi connectivity index (χ1) is 14.8. The number of halogens is 1. The summed E-state index contributed by atoms with van der Waals surface area (Å²) in [7, 11) is 0. The number of aromatic nitrogens is 3. The molecule has 0 radical (unpaired) electrons. The number of nitrogens with two attached hydrogens (primary N) is 1. The summed E-state index contributed by atoms with van der Waals surface area (Å²) < 4.78 is 0. The number of aryl methyl sites for hydroxylation is 1. The van der Waals surface area contributed by atoms with Crippen LogP contribution in [-0.2, 0) is 6.54 Å². The highest BCUT2D eigenvalue weighted by Crippen LogP contribution is 2.27. The molecule has 1 aromatic carbocycles. The smallest absolute Gasteiger partial charge is 0.248 e. The van der Waals surface area contributed by atoms with Gasteiger partial charge in [0.25, 0.3) is 0 Å². The first-order valence-electron chi connectivity index (χ1n) is 9.30. The van der Waals surface area contributed by atoms with Crippen molar-refractivity contribution in [1.82, 2.24) is 15.0 Å². The zero-order valence-electron chi connectivity index (χ0n) is 16.7. The molecule has 0 saturated heterocycles. The lowest BCUT2D eigenvalue weighted by Gasteiger charge is -2.13. The third-order valence-electron chi connectivity index (χ3n) is 4.33. The van der Waals surface area contributed by atoms with Crippen molar-refractivity contribution in [1.29, 1.82) is 5.41 Å². The van der Waals surface area contributed by atoms with E-state index in [0.717, 1.165) is 5.56 Å². The molecule has 8 nitrogen and oxygen atoms in total. The van der Waals surface area contributed by atoms with E-state index in [1.54, 1.807) is 18.2 Å². The Morgan fingerprint density at radius 2 is 1.97 bits per heavy atom. The number of rotatable bonds is 5. The summed E-state index contributed by atoms with van der Waals surface area (Å²) in [4.78, 5) is 23.2. The Morgan fingerprint density at radius 3 is 2.74 bits per heavy atom. The maximum Gasteiger partial charge on any atom is 0.248 e. The highest BCUT2D eigenvalue weighted by atomic mass is 35.5. The number of H-pyrrole nitrogens is 1. The second-order valence-electron chi connectivity index (χ2n) is 6.69. The number of aromatic hydroxyl groups is 1. The van der Waals surface area contributed by atoms with E-state index < -0.39 is 0 Å². The van der Waals surface area contributed by atoms with E-state index in [1.807, 2.05) is 25.1 Å². The lowest BCUT2D eigenvalue weighted by Crippen LogP contribution is -2.15. The molecule has 2 heterocycles. The number of nitrogen functional groups attached to an aromatic ring is 1. The SMILES string of the molecule is Cc1cccccc(CNc2ncnc(N)c2C(=N)c2ccc(Cl)c(O)c2)[nH]c(=O)c1. The molecule has 9 heteroatoms. The van der Waals surface area contributed by atoms with E-state index in [2.05, 4.69) is 20.3 Å². The Balaban J connectivity index is 1.95. The monoisotopic (exact) mass is 436 g/mol.